The summed E-state index contributed by atoms with van der Waals surface area (Å²) in [5.74, 6) is 0.894. The Hall–Kier alpha value is -2.54. The van der Waals surface area contributed by atoms with E-state index in [1.807, 2.05) is 12.1 Å². The zero-order valence-corrected chi connectivity index (χ0v) is 15.0. The van der Waals surface area contributed by atoms with Crippen LogP contribution in [-0.2, 0) is 0 Å². The van der Waals surface area contributed by atoms with E-state index in [1.54, 1.807) is 18.0 Å². The van der Waals surface area contributed by atoms with E-state index in [1.165, 1.54) is 5.69 Å². The SMILES string of the molecule is COc1ccc(N2CCN([C@H]3C=C[C@H](n4cn[nH]c4=O)CC3)CC2)cc1. The number of hydrogen-bond acceptors (Lipinski definition) is 5. The second-order valence-corrected chi connectivity index (χ2v) is 6.89. The lowest BCUT2D eigenvalue weighted by Gasteiger charge is -2.40. The van der Waals surface area contributed by atoms with Crippen molar-refractivity contribution in [2.45, 2.75) is 24.9 Å². The first kappa shape index (κ1) is 16.9. The molecule has 0 radical (unpaired) electrons. The van der Waals surface area contributed by atoms with E-state index in [0.29, 0.717) is 6.04 Å². The summed E-state index contributed by atoms with van der Waals surface area (Å²) in [6.07, 6.45) is 8.05. The number of piperazine rings is 1. The molecule has 7 nitrogen and oxygen atoms in total. The molecule has 1 aliphatic heterocycles. The lowest BCUT2D eigenvalue weighted by Crippen LogP contribution is -2.50. The van der Waals surface area contributed by atoms with E-state index in [-0.39, 0.29) is 11.7 Å². The fourth-order valence-electron chi connectivity index (χ4n) is 3.92. The first-order valence-electron chi connectivity index (χ1n) is 9.17. The van der Waals surface area contributed by atoms with Gasteiger partial charge in [0.15, 0.2) is 0 Å². The van der Waals surface area contributed by atoms with Crippen LogP contribution in [0.3, 0.4) is 0 Å². The molecule has 0 amide bonds. The molecule has 2 aliphatic rings. The van der Waals surface area contributed by atoms with Crippen LogP contribution in [0.25, 0.3) is 0 Å². The molecule has 2 heterocycles. The van der Waals surface area contributed by atoms with Crippen molar-refractivity contribution >= 4 is 5.69 Å². The molecule has 138 valence electrons. The van der Waals surface area contributed by atoms with Gasteiger partial charge in [0.1, 0.15) is 12.1 Å². The minimum Gasteiger partial charge on any atom is -0.497 e. The Morgan fingerprint density at radius 2 is 1.73 bits per heavy atom. The molecule has 1 N–H and O–H groups in total. The van der Waals surface area contributed by atoms with Gasteiger partial charge in [-0.2, -0.15) is 5.10 Å². The van der Waals surface area contributed by atoms with Gasteiger partial charge in [0, 0.05) is 37.9 Å². The number of hydrogen-bond donors (Lipinski definition) is 1. The highest BCUT2D eigenvalue weighted by atomic mass is 16.5. The average molecular weight is 355 g/mol. The number of ether oxygens (including phenoxy) is 1. The smallest absolute Gasteiger partial charge is 0.343 e. The number of methoxy groups -OCH3 is 1. The summed E-state index contributed by atoms with van der Waals surface area (Å²) < 4.78 is 6.91. The summed E-state index contributed by atoms with van der Waals surface area (Å²) in [7, 11) is 1.69. The van der Waals surface area contributed by atoms with Gasteiger partial charge in [0.2, 0.25) is 0 Å². The summed E-state index contributed by atoms with van der Waals surface area (Å²) in [4.78, 5) is 16.7. The summed E-state index contributed by atoms with van der Waals surface area (Å²) in [5.41, 5.74) is 1.12. The number of anilines is 1. The van der Waals surface area contributed by atoms with E-state index in [0.717, 1.165) is 44.8 Å². The van der Waals surface area contributed by atoms with Gasteiger partial charge < -0.3 is 9.64 Å². The highest BCUT2D eigenvalue weighted by molar-refractivity contribution is 5.49. The van der Waals surface area contributed by atoms with Crippen LogP contribution in [0, 0.1) is 0 Å². The minimum absolute atomic E-state index is 0.123. The molecule has 1 aromatic heterocycles. The van der Waals surface area contributed by atoms with E-state index in [9.17, 15) is 4.79 Å². The molecular formula is C19H25N5O2. The quantitative estimate of drug-likeness (QED) is 0.845. The van der Waals surface area contributed by atoms with E-state index >= 15 is 0 Å². The van der Waals surface area contributed by atoms with Crippen LogP contribution in [-0.4, -0.2) is 59.0 Å². The molecule has 1 aliphatic carbocycles. The second-order valence-electron chi connectivity index (χ2n) is 6.89. The van der Waals surface area contributed by atoms with Crippen LogP contribution in [0.4, 0.5) is 5.69 Å². The van der Waals surface area contributed by atoms with E-state index in [2.05, 4.69) is 44.3 Å². The van der Waals surface area contributed by atoms with Gasteiger partial charge in [-0.1, -0.05) is 12.2 Å². The molecule has 26 heavy (non-hydrogen) atoms. The Morgan fingerprint density at radius 3 is 2.31 bits per heavy atom. The van der Waals surface area contributed by atoms with Gasteiger partial charge in [0.05, 0.1) is 13.2 Å². The predicted octanol–water partition coefficient (Wildman–Crippen LogP) is 1.66. The molecule has 4 rings (SSSR count). The highest BCUT2D eigenvalue weighted by Crippen LogP contribution is 2.26. The number of allylic oxidation sites excluding steroid dienone is 1. The second kappa shape index (κ2) is 7.37. The number of nitrogens with one attached hydrogen (secondary N) is 1. The van der Waals surface area contributed by atoms with Crippen molar-refractivity contribution in [3.05, 3.63) is 53.2 Å². The lowest BCUT2D eigenvalue weighted by molar-refractivity contribution is 0.195. The van der Waals surface area contributed by atoms with E-state index < -0.39 is 0 Å². The van der Waals surface area contributed by atoms with Crippen molar-refractivity contribution in [2.75, 3.05) is 38.2 Å². The third kappa shape index (κ3) is 3.39. The molecule has 2 aromatic rings. The molecule has 0 bridgehead atoms. The van der Waals surface area contributed by atoms with Crippen molar-refractivity contribution in [3.8, 4) is 5.75 Å². The Bertz CT molecular complexity index is 802. The normalized spacial score (nSPS) is 24.0. The van der Waals surface area contributed by atoms with Crippen molar-refractivity contribution in [3.63, 3.8) is 0 Å². The van der Waals surface area contributed by atoms with Crippen LogP contribution in [0.1, 0.15) is 18.9 Å². The van der Waals surface area contributed by atoms with Crippen LogP contribution in [0.5, 0.6) is 5.75 Å². The monoisotopic (exact) mass is 355 g/mol. The molecule has 0 saturated carbocycles. The number of aromatic amines is 1. The maximum absolute atomic E-state index is 11.7. The molecular weight excluding hydrogens is 330 g/mol. The highest BCUT2D eigenvalue weighted by Gasteiger charge is 2.26. The van der Waals surface area contributed by atoms with Gasteiger partial charge in [0.25, 0.3) is 0 Å². The predicted molar refractivity (Wildman–Crippen MR) is 101 cm³/mol. The van der Waals surface area contributed by atoms with Gasteiger partial charge >= 0.3 is 5.69 Å². The molecule has 1 aromatic carbocycles. The first-order valence-corrected chi connectivity index (χ1v) is 9.17. The lowest BCUT2D eigenvalue weighted by atomic mass is 9.96. The van der Waals surface area contributed by atoms with Crippen LogP contribution in [0.15, 0.2) is 47.5 Å². The maximum Gasteiger partial charge on any atom is 0.343 e. The largest absolute Gasteiger partial charge is 0.497 e. The minimum atomic E-state index is -0.133. The zero-order chi connectivity index (χ0) is 17.9. The molecule has 0 unspecified atom stereocenters. The number of rotatable bonds is 4. The van der Waals surface area contributed by atoms with Gasteiger partial charge in [-0.05, 0) is 37.1 Å². The summed E-state index contributed by atoms with van der Waals surface area (Å²) in [6.45, 7) is 4.16. The zero-order valence-electron chi connectivity index (χ0n) is 15.0. The van der Waals surface area contributed by atoms with Crippen molar-refractivity contribution in [1.29, 1.82) is 0 Å². The van der Waals surface area contributed by atoms with Crippen LogP contribution < -0.4 is 15.3 Å². The van der Waals surface area contributed by atoms with Crippen molar-refractivity contribution in [1.82, 2.24) is 19.7 Å². The molecule has 0 spiro atoms. The topological polar surface area (TPSA) is 66.4 Å². The van der Waals surface area contributed by atoms with E-state index in [4.69, 9.17) is 4.74 Å². The van der Waals surface area contributed by atoms with Crippen LogP contribution >= 0.6 is 0 Å². The maximum atomic E-state index is 11.7. The van der Waals surface area contributed by atoms with Crippen LogP contribution in [0.2, 0.25) is 0 Å². The fraction of sp³-hybridized carbons (Fsp3) is 0.474. The van der Waals surface area contributed by atoms with Gasteiger partial charge in [-0.15, -0.1) is 0 Å². The number of benzene rings is 1. The standard InChI is InChI=1S/C19H25N5O2/c1-26-18-8-6-16(7-9-18)23-12-10-22(11-13-23)15-2-4-17(5-3-15)24-14-20-21-19(24)25/h2,4,6-9,14-15,17H,3,5,10-13H2,1H3,(H,21,25)/t15-,17-/m0/s1. The Morgan fingerprint density at radius 1 is 1.04 bits per heavy atom. The van der Waals surface area contributed by atoms with Crippen molar-refractivity contribution in [2.24, 2.45) is 0 Å². The molecule has 1 fully saturated rings. The third-order valence-electron chi connectivity index (χ3n) is 5.47. The van der Waals surface area contributed by atoms with Gasteiger partial charge in [-0.3, -0.25) is 9.47 Å². The number of aromatic nitrogens is 3. The first-order chi connectivity index (χ1) is 12.7. The van der Waals surface area contributed by atoms with Crippen molar-refractivity contribution < 1.29 is 4.74 Å². The fourth-order valence-corrected chi connectivity index (χ4v) is 3.92. The molecule has 7 heteroatoms. The Labute approximate surface area is 152 Å². The average Bonchev–Trinajstić information content (AvgIpc) is 3.14. The third-order valence-corrected chi connectivity index (χ3v) is 5.47. The number of H-pyrrole nitrogens is 1. The molecule has 1 saturated heterocycles. The Balaban J connectivity index is 1.33. The summed E-state index contributed by atoms with van der Waals surface area (Å²) >= 11 is 0. The number of nitrogens with zero attached hydrogens (tertiary/aromatic N) is 4. The Kier molecular flexibility index (Phi) is 4.79. The van der Waals surface area contributed by atoms with Gasteiger partial charge in [-0.25, -0.2) is 9.89 Å². The summed E-state index contributed by atoms with van der Waals surface area (Å²) in [5, 5.41) is 6.29. The summed E-state index contributed by atoms with van der Waals surface area (Å²) in [6, 6.07) is 8.88. The molecule has 2 atom stereocenters.